The van der Waals surface area contributed by atoms with Gasteiger partial charge in [-0.3, -0.25) is 9.10 Å². The molecule has 34 heavy (non-hydrogen) atoms. The first-order chi connectivity index (χ1) is 16.1. The zero-order valence-corrected chi connectivity index (χ0v) is 21.2. The van der Waals surface area contributed by atoms with E-state index in [-0.39, 0.29) is 27.9 Å². The highest BCUT2D eigenvalue weighted by molar-refractivity contribution is 7.93. The number of carbonyl (C=O) groups excluding carboxylic acids is 1. The first-order valence-electron chi connectivity index (χ1n) is 10.2. The van der Waals surface area contributed by atoms with E-state index in [9.17, 15) is 13.2 Å². The molecular formula is C24H24Cl2N2O5S. The summed E-state index contributed by atoms with van der Waals surface area (Å²) in [6.07, 6.45) is 0. The van der Waals surface area contributed by atoms with Gasteiger partial charge < -0.3 is 14.8 Å². The third kappa shape index (κ3) is 5.94. The third-order valence-electron chi connectivity index (χ3n) is 5.00. The van der Waals surface area contributed by atoms with Crippen molar-refractivity contribution in [2.45, 2.75) is 18.4 Å². The van der Waals surface area contributed by atoms with Gasteiger partial charge in [0.2, 0.25) is 5.91 Å². The normalized spacial score (nSPS) is 11.1. The first kappa shape index (κ1) is 25.7. The van der Waals surface area contributed by atoms with Gasteiger partial charge in [-0.15, -0.1) is 0 Å². The summed E-state index contributed by atoms with van der Waals surface area (Å²) in [5.41, 5.74) is 1.75. The molecule has 1 N–H and O–H groups in total. The molecule has 3 rings (SSSR count). The van der Waals surface area contributed by atoms with E-state index in [0.717, 1.165) is 15.4 Å². The minimum Gasteiger partial charge on any atom is -0.495 e. The first-order valence-corrected chi connectivity index (χ1v) is 12.4. The SMILES string of the molecule is COc1ccc(N(CC(=O)NCc2ccc(Cl)cc2)S(=O)(=O)c2cc(C)ccc2OC)cc1Cl. The van der Waals surface area contributed by atoms with E-state index in [2.05, 4.69) is 5.32 Å². The Bertz CT molecular complexity index is 1280. The predicted molar refractivity (Wildman–Crippen MR) is 134 cm³/mol. The van der Waals surface area contributed by atoms with Crippen LogP contribution in [0.15, 0.2) is 65.6 Å². The summed E-state index contributed by atoms with van der Waals surface area (Å²) in [5, 5.41) is 3.53. The van der Waals surface area contributed by atoms with Gasteiger partial charge in [-0.1, -0.05) is 41.4 Å². The van der Waals surface area contributed by atoms with Gasteiger partial charge in [0.25, 0.3) is 10.0 Å². The van der Waals surface area contributed by atoms with Crippen LogP contribution >= 0.6 is 23.2 Å². The zero-order valence-electron chi connectivity index (χ0n) is 18.8. The highest BCUT2D eigenvalue weighted by Crippen LogP contribution is 2.34. The molecule has 1 amide bonds. The average Bonchev–Trinajstić information content (AvgIpc) is 2.82. The molecule has 0 saturated carbocycles. The van der Waals surface area contributed by atoms with Crippen molar-refractivity contribution in [3.63, 3.8) is 0 Å². The third-order valence-corrected chi connectivity index (χ3v) is 7.34. The molecule has 180 valence electrons. The molecule has 0 aliphatic rings. The molecule has 0 atom stereocenters. The molecule has 7 nitrogen and oxygen atoms in total. The molecule has 0 fully saturated rings. The Labute approximate surface area is 209 Å². The minimum absolute atomic E-state index is 0.0626. The monoisotopic (exact) mass is 522 g/mol. The summed E-state index contributed by atoms with van der Waals surface area (Å²) in [6, 6.07) is 16.3. The largest absolute Gasteiger partial charge is 0.495 e. The molecule has 3 aromatic rings. The molecule has 10 heteroatoms. The molecule has 0 radical (unpaired) electrons. The van der Waals surface area contributed by atoms with Crippen molar-refractivity contribution in [1.29, 1.82) is 0 Å². The van der Waals surface area contributed by atoms with Crippen LogP contribution in [0, 0.1) is 6.92 Å². The fraction of sp³-hybridized carbons (Fsp3) is 0.208. The van der Waals surface area contributed by atoms with Crippen LogP contribution in [0.1, 0.15) is 11.1 Å². The second-order valence-electron chi connectivity index (χ2n) is 7.39. The van der Waals surface area contributed by atoms with Gasteiger partial charge in [0.15, 0.2) is 0 Å². The number of halogens is 2. The number of sulfonamides is 1. The van der Waals surface area contributed by atoms with Gasteiger partial charge in [0.1, 0.15) is 22.9 Å². The van der Waals surface area contributed by atoms with Gasteiger partial charge in [0, 0.05) is 11.6 Å². The summed E-state index contributed by atoms with van der Waals surface area (Å²) in [6.45, 7) is 1.50. The Morgan fingerprint density at radius 1 is 0.941 bits per heavy atom. The van der Waals surface area contributed by atoms with Crippen molar-refractivity contribution in [2.75, 3.05) is 25.1 Å². The van der Waals surface area contributed by atoms with Crippen LogP contribution in [0.25, 0.3) is 0 Å². The molecule has 0 aliphatic heterocycles. The highest BCUT2D eigenvalue weighted by Gasteiger charge is 2.30. The smallest absolute Gasteiger partial charge is 0.268 e. The van der Waals surface area contributed by atoms with Crippen molar-refractivity contribution in [1.82, 2.24) is 5.32 Å². The van der Waals surface area contributed by atoms with Gasteiger partial charge in [-0.25, -0.2) is 8.42 Å². The molecule has 0 heterocycles. The molecule has 0 bridgehead atoms. The van der Waals surface area contributed by atoms with Gasteiger partial charge in [0.05, 0.1) is 24.9 Å². The van der Waals surface area contributed by atoms with E-state index >= 15 is 0 Å². The molecule has 0 spiro atoms. The van der Waals surface area contributed by atoms with Crippen molar-refractivity contribution in [3.8, 4) is 11.5 Å². The zero-order chi connectivity index (χ0) is 24.9. The number of methoxy groups -OCH3 is 2. The lowest BCUT2D eigenvalue weighted by Crippen LogP contribution is -2.40. The Morgan fingerprint density at radius 2 is 1.59 bits per heavy atom. The fourth-order valence-electron chi connectivity index (χ4n) is 3.22. The Hall–Kier alpha value is -2.94. The number of anilines is 1. The molecule has 3 aromatic carbocycles. The van der Waals surface area contributed by atoms with Crippen LogP contribution in [0.4, 0.5) is 5.69 Å². The van der Waals surface area contributed by atoms with Crippen LogP contribution in [0.2, 0.25) is 10.0 Å². The van der Waals surface area contributed by atoms with E-state index in [1.165, 1.54) is 32.4 Å². The summed E-state index contributed by atoms with van der Waals surface area (Å²) < 4.78 is 39.0. The Kier molecular flexibility index (Phi) is 8.30. The molecule has 0 aromatic heterocycles. The second-order valence-corrected chi connectivity index (χ2v) is 10.1. The van der Waals surface area contributed by atoms with Crippen LogP contribution in [-0.4, -0.2) is 35.1 Å². The van der Waals surface area contributed by atoms with Crippen molar-refractivity contribution in [3.05, 3.63) is 81.8 Å². The van der Waals surface area contributed by atoms with Crippen molar-refractivity contribution < 1.29 is 22.7 Å². The maximum atomic E-state index is 13.8. The van der Waals surface area contributed by atoms with Crippen LogP contribution < -0.4 is 19.1 Å². The van der Waals surface area contributed by atoms with Gasteiger partial charge in [-0.05, 0) is 60.5 Å². The van der Waals surface area contributed by atoms with Crippen LogP contribution in [-0.2, 0) is 21.4 Å². The molecule has 0 unspecified atom stereocenters. The van der Waals surface area contributed by atoms with Crippen LogP contribution in [0.3, 0.4) is 0 Å². The predicted octanol–water partition coefficient (Wildman–Crippen LogP) is 4.83. The lowest BCUT2D eigenvalue weighted by molar-refractivity contribution is -0.119. The van der Waals surface area contributed by atoms with Crippen molar-refractivity contribution in [2.24, 2.45) is 0 Å². The Balaban J connectivity index is 1.97. The average molecular weight is 523 g/mol. The maximum absolute atomic E-state index is 13.8. The van der Waals surface area contributed by atoms with E-state index in [4.69, 9.17) is 32.7 Å². The number of carbonyl (C=O) groups is 1. The number of ether oxygens (including phenoxy) is 2. The summed E-state index contributed by atoms with van der Waals surface area (Å²) in [4.78, 5) is 12.8. The van der Waals surface area contributed by atoms with Gasteiger partial charge in [-0.2, -0.15) is 0 Å². The number of benzene rings is 3. The van der Waals surface area contributed by atoms with E-state index in [0.29, 0.717) is 10.8 Å². The van der Waals surface area contributed by atoms with E-state index in [1.807, 2.05) is 0 Å². The fourth-order valence-corrected chi connectivity index (χ4v) is 5.25. The minimum atomic E-state index is -4.21. The summed E-state index contributed by atoms with van der Waals surface area (Å²) in [5.74, 6) is 0.0388. The lowest BCUT2D eigenvalue weighted by Gasteiger charge is -2.25. The second kappa shape index (κ2) is 11.0. The number of aryl methyl sites for hydroxylation is 1. The Morgan fingerprint density at radius 3 is 2.21 bits per heavy atom. The molecule has 0 aliphatic carbocycles. The lowest BCUT2D eigenvalue weighted by atomic mass is 10.2. The number of amides is 1. The summed E-state index contributed by atoms with van der Waals surface area (Å²) >= 11 is 12.2. The highest BCUT2D eigenvalue weighted by atomic mass is 35.5. The summed E-state index contributed by atoms with van der Waals surface area (Å²) in [7, 11) is -1.37. The van der Waals surface area contributed by atoms with Crippen LogP contribution in [0.5, 0.6) is 11.5 Å². The van der Waals surface area contributed by atoms with Crippen molar-refractivity contribution >= 4 is 44.8 Å². The van der Waals surface area contributed by atoms with E-state index < -0.39 is 22.5 Å². The quantitative estimate of drug-likeness (QED) is 0.434. The number of nitrogens with one attached hydrogen (secondary N) is 1. The topological polar surface area (TPSA) is 84.9 Å². The number of nitrogens with zero attached hydrogens (tertiary/aromatic N) is 1. The maximum Gasteiger partial charge on any atom is 0.268 e. The number of hydrogen-bond acceptors (Lipinski definition) is 5. The standard InChI is InChI=1S/C24H24Cl2N2O5S/c1-16-4-10-22(33-3)23(12-16)34(30,31)28(19-9-11-21(32-2)20(26)13-19)15-24(29)27-14-17-5-7-18(25)8-6-17/h4-13H,14-15H2,1-3H3,(H,27,29). The van der Waals surface area contributed by atoms with E-state index in [1.54, 1.807) is 49.4 Å². The number of rotatable bonds is 9. The number of hydrogen-bond donors (Lipinski definition) is 1. The molecular weight excluding hydrogens is 499 g/mol. The molecule has 0 saturated heterocycles. The van der Waals surface area contributed by atoms with Gasteiger partial charge >= 0.3 is 0 Å².